The predicted octanol–water partition coefficient (Wildman–Crippen LogP) is 2.10. The summed E-state index contributed by atoms with van der Waals surface area (Å²) in [6.07, 6.45) is 3.26. The maximum Gasteiger partial charge on any atom is 0.321 e. The van der Waals surface area contributed by atoms with E-state index in [9.17, 15) is 4.79 Å². The first-order valence-corrected chi connectivity index (χ1v) is 6.54. The lowest BCUT2D eigenvalue weighted by Gasteiger charge is -2.26. The highest BCUT2D eigenvalue weighted by molar-refractivity contribution is 5.96. The molecular weight excluding hydrogens is 240 g/mol. The van der Waals surface area contributed by atoms with Gasteiger partial charge in [-0.2, -0.15) is 0 Å². The summed E-state index contributed by atoms with van der Waals surface area (Å²) in [6.45, 7) is 3.93. The highest BCUT2D eigenvalue weighted by atomic mass is 16.2. The van der Waals surface area contributed by atoms with E-state index in [1.807, 2.05) is 32.0 Å². The van der Waals surface area contributed by atoms with Gasteiger partial charge in [0.15, 0.2) is 0 Å². The Morgan fingerprint density at radius 2 is 1.95 bits per heavy atom. The van der Waals surface area contributed by atoms with Crippen LogP contribution in [0.1, 0.15) is 30.4 Å². The summed E-state index contributed by atoms with van der Waals surface area (Å²) in [7, 11) is 0. The molecule has 0 aromatic heterocycles. The van der Waals surface area contributed by atoms with E-state index in [0.717, 1.165) is 29.7 Å². The summed E-state index contributed by atoms with van der Waals surface area (Å²) < 4.78 is 0. The standard InChI is InChI=1S/C14H20N4O/c1-9-5-3-6-10(2)12(9)17-13(15)18-14(19)16-11-7-4-8-11/h3,5-6,11H,4,7-8H2,1-2H3,(H4,15,16,17,18,19). The number of nitrogens with zero attached hydrogens (tertiary/aromatic N) is 1. The molecule has 1 aromatic rings. The van der Waals surface area contributed by atoms with Gasteiger partial charge in [0.05, 0.1) is 5.69 Å². The van der Waals surface area contributed by atoms with E-state index in [1.165, 1.54) is 6.42 Å². The van der Waals surface area contributed by atoms with Crippen LogP contribution >= 0.6 is 0 Å². The summed E-state index contributed by atoms with van der Waals surface area (Å²) in [5.41, 5.74) is 8.63. The van der Waals surface area contributed by atoms with E-state index in [1.54, 1.807) is 0 Å². The number of hydrogen-bond donors (Lipinski definition) is 3. The van der Waals surface area contributed by atoms with Crippen molar-refractivity contribution in [2.45, 2.75) is 39.2 Å². The maximum absolute atomic E-state index is 11.6. The van der Waals surface area contributed by atoms with Crippen molar-refractivity contribution in [3.05, 3.63) is 29.3 Å². The number of guanidine groups is 1. The predicted molar refractivity (Wildman–Crippen MR) is 76.5 cm³/mol. The Bertz CT molecular complexity index is 486. The van der Waals surface area contributed by atoms with Gasteiger partial charge in [-0.05, 0) is 44.2 Å². The smallest absolute Gasteiger partial charge is 0.321 e. The molecule has 1 aliphatic rings. The zero-order valence-electron chi connectivity index (χ0n) is 11.4. The van der Waals surface area contributed by atoms with Crippen LogP contribution in [0.5, 0.6) is 0 Å². The lowest BCUT2D eigenvalue weighted by molar-refractivity contribution is 0.233. The van der Waals surface area contributed by atoms with Gasteiger partial charge in [0, 0.05) is 6.04 Å². The summed E-state index contributed by atoms with van der Waals surface area (Å²) in [5.74, 6) is 0.120. The van der Waals surface area contributed by atoms with Crippen LogP contribution in [0.15, 0.2) is 23.2 Å². The van der Waals surface area contributed by atoms with Crippen molar-refractivity contribution in [2.75, 3.05) is 0 Å². The monoisotopic (exact) mass is 260 g/mol. The van der Waals surface area contributed by atoms with E-state index in [0.29, 0.717) is 0 Å². The molecular formula is C14H20N4O. The molecule has 19 heavy (non-hydrogen) atoms. The number of nitrogens with two attached hydrogens (primary N) is 1. The van der Waals surface area contributed by atoms with Crippen LogP contribution in [-0.4, -0.2) is 18.0 Å². The van der Waals surface area contributed by atoms with Gasteiger partial charge < -0.3 is 11.1 Å². The largest absolute Gasteiger partial charge is 0.369 e. The number of carbonyl (C=O) groups excluding carboxylic acids is 1. The highest BCUT2D eigenvalue weighted by Crippen LogP contribution is 2.22. The van der Waals surface area contributed by atoms with Crippen LogP contribution in [-0.2, 0) is 0 Å². The average Bonchev–Trinajstić information content (AvgIpc) is 2.29. The minimum absolute atomic E-state index is 0.120. The van der Waals surface area contributed by atoms with Crippen LogP contribution in [0.2, 0.25) is 0 Å². The molecule has 102 valence electrons. The molecule has 5 heteroatoms. The number of rotatable bonds is 2. The topological polar surface area (TPSA) is 79.5 Å². The Hall–Kier alpha value is -2.04. The molecule has 0 radical (unpaired) electrons. The number of carbonyl (C=O) groups is 1. The molecule has 1 fully saturated rings. The molecule has 1 aliphatic carbocycles. The van der Waals surface area contributed by atoms with Crippen molar-refractivity contribution in [3.8, 4) is 0 Å². The molecule has 1 saturated carbocycles. The summed E-state index contributed by atoms with van der Waals surface area (Å²) in [4.78, 5) is 15.9. The lowest BCUT2D eigenvalue weighted by atomic mass is 9.93. The summed E-state index contributed by atoms with van der Waals surface area (Å²) >= 11 is 0. The van der Waals surface area contributed by atoms with Gasteiger partial charge in [0.1, 0.15) is 0 Å². The molecule has 4 N–H and O–H groups in total. The minimum Gasteiger partial charge on any atom is -0.369 e. The number of benzene rings is 1. The summed E-state index contributed by atoms with van der Waals surface area (Å²) in [5, 5.41) is 5.41. The van der Waals surface area contributed by atoms with Crippen LogP contribution in [0.4, 0.5) is 10.5 Å². The second-order valence-electron chi connectivity index (χ2n) is 4.96. The van der Waals surface area contributed by atoms with Crippen LogP contribution in [0.25, 0.3) is 0 Å². The van der Waals surface area contributed by atoms with Crippen molar-refractivity contribution in [3.63, 3.8) is 0 Å². The first-order chi connectivity index (χ1) is 9.06. The first-order valence-electron chi connectivity index (χ1n) is 6.54. The number of nitrogens with one attached hydrogen (secondary N) is 2. The maximum atomic E-state index is 11.6. The molecule has 5 nitrogen and oxygen atoms in total. The molecule has 2 rings (SSSR count). The fourth-order valence-corrected chi connectivity index (χ4v) is 2.02. The molecule has 2 amide bonds. The molecule has 0 aliphatic heterocycles. The molecule has 0 saturated heterocycles. The molecule has 0 unspecified atom stereocenters. The molecule has 0 spiro atoms. The highest BCUT2D eigenvalue weighted by Gasteiger charge is 2.19. The fourth-order valence-electron chi connectivity index (χ4n) is 2.02. The second-order valence-corrected chi connectivity index (χ2v) is 4.96. The lowest BCUT2D eigenvalue weighted by Crippen LogP contribution is -2.49. The van der Waals surface area contributed by atoms with Crippen molar-refractivity contribution < 1.29 is 4.79 Å². The van der Waals surface area contributed by atoms with E-state index in [2.05, 4.69) is 15.6 Å². The number of urea groups is 1. The number of hydrogen-bond acceptors (Lipinski definition) is 2. The number of para-hydroxylation sites is 1. The van der Waals surface area contributed by atoms with E-state index in [4.69, 9.17) is 5.73 Å². The van der Waals surface area contributed by atoms with Crippen LogP contribution in [0.3, 0.4) is 0 Å². The van der Waals surface area contributed by atoms with Gasteiger partial charge in [0.25, 0.3) is 0 Å². The van der Waals surface area contributed by atoms with Crippen molar-refractivity contribution in [2.24, 2.45) is 10.7 Å². The second kappa shape index (κ2) is 5.73. The third kappa shape index (κ3) is 3.47. The van der Waals surface area contributed by atoms with Crippen molar-refractivity contribution in [1.29, 1.82) is 0 Å². The Morgan fingerprint density at radius 1 is 1.32 bits per heavy atom. The number of aryl methyl sites for hydroxylation is 2. The van der Waals surface area contributed by atoms with Gasteiger partial charge in [-0.1, -0.05) is 18.2 Å². The molecule has 0 bridgehead atoms. The average molecular weight is 260 g/mol. The Kier molecular flexibility index (Phi) is 4.04. The fraction of sp³-hybridized carbons (Fsp3) is 0.429. The van der Waals surface area contributed by atoms with Gasteiger partial charge in [-0.15, -0.1) is 0 Å². The molecule has 1 aromatic carbocycles. The van der Waals surface area contributed by atoms with E-state index in [-0.39, 0.29) is 18.0 Å². The van der Waals surface area contributed by atoms with Crippen molar-refractivity contribution >= 4 is 17.7 Å². The zero-order chi connectivity index (χ0) is 13.8. The first kappa shape index (κ1) is 13.4. The van der Waals surface area contributed by atoms with E-state index < -0.39 is 0 Å². The molecule has 0 heterocycles. The Labute approximate surface area is 113 Å². The van der Waals surface area contributed by atoms with Gasteiger partial charge in [0.2, 0.25) is 5.96 Å². The van der Waals surface area contributed by atoms with Gasteiger partial charge >= 0.3 is 6.03 Å². The third-order valence-electron chi connectivity index (χ3n) is 3.35. The third-order valence-corrected chi connectivity index (χ3v) is 3.35. The Balaban J connectivity index is 1.99. The van der Waals surface area contributed by atoms with Crippen molar-refractivity contribution in [1.82, 2.24) is 10.6 Å². The number of aliphatic imine (C=N–C) groups is 1. The Morgan fingerprint density at radius 3 is 2.47 bits per heavy atom. The van der Waals surface area contributed by atoms with Gasteiger partial charge in [-0.3, -0.25) is 5.32 Å². The van der Waals surface area contributed by atoms with Crippen LogP contribution < -0.4 is 16.4 Å². The van der Waals surface area contributed by atoms with Gasteiger partial charge in [-0.25, -0.2) is 9.79 Å². The van der Waals surface area contributed by atoms with E-state index >= 15 is 0 Å². The SMILES string of the molecule is Cc1cccc(C)c1N=C(N)NC(=O)NC1CCC1. The molecule has 0 atom stereocenters. The van der Waals surface area contributed by atoms with Crippen LogP contribution in [0, 0.1) is 13.8 Å². The number of amides is 2. The zero-order valence-corrected chi connectivity index (χ0v) is 11.4. The minimum atomic E-state index is -0.280. The normalized spacial score (nSPS) is 15.8. The summed E-state index contributed by atoms with van der Waals surface area (Å²) in [6, 6.07) is 5.91. The quantitative estimate of drug-likeness (QED) is 0.562.